The number of nitrogens with zero attached hydrogens (tertiary/aromatic N) is 3. The maximum Gasteiger partial charge on any atom is 0.177 e. The molecule has 0 aliphatic heterocycles. The van der Waals surface area contributed by atoms with Crippen molar-refractivity contribution < 1.29 is 0 Å². The van der Waals surface area contributed by atoms with Crippen LogP contribution in [0.15, 0.2) is 18.3 Å². The molecule has 4 heteroatoms. The largest absolute Gasteiger partial charge is 0.329 e. The van der Waals surface area contributed by atoms with Crippen molar-refractivity contribution in [3.63, 3.8) is 0 Å². The van der Waals surface area contributed by atoms with Crippen LogP contribution < -0.4 is 5.73 Å². The Morgan fingerprint density at radius 3 is 2.88 bits per heavy atom. The molecule has 4 nitrogen and oxygen atoms in total. The Labute approximate surface area is 101 Å². The molecule has 0 aromatic carbocycles. The molecular weight excluding hydrogens is 212 g/mol. The Bertz CT molecular complexity index is 552. The summed E-state index contributed by atoms with van der Waals surface area (Å²) in [4.78, 5) is 9.04. The van der Waals surface area contributed by atoms with Crippen molar-refractivity contribution in [1.82, 2.24) is 14.5 Å². The van der Waals surface area contributed by atoms with Gasteiger partial charge in [0, 0.05) is 24.2 Å². The highest BCUT2D eigenvalue weighted by molar-refractivity contribution is 5.72. The van der Waals surface area contributed by atoms with E-state index in [0.29, 0.717) is 12.6 Å². The van der Waals surface area contributed by atoms with E-state index in [4.69, 9.17) is 5.73 Å². The lowest BCUT2D eigenvalue weighted by molar-refractivity contribution is 0.473. The molecule has 1 saturated carbocycles. The number of aromatic nitrogens is 3. The molecule has 2 aromatic heterocycles. The maximum absolute atomic E-state index is 5.88. The Morgan fingerprint density at radius 2 is 2.24 bits per heavy atom. The summed E-state index contributed by atoms with van der Waals surface area (Å²) in [7, 11) is 0. The number of rotatable bonds is 3. The highest BCUT2D eigenvalue weighted by Gasteiger charge is 2.34. The molecule has 0 saturated heterocycles. The Hall–Kier alpha value is -1.42. The average Bonchev–Trinajstić information content (AvgIpc) is 3.09. The molecule has 0 radical (unpaired) electrons. The number of fused-ring (bicyclic) bond motifs is 1. The molecule has 1 fully saturated rings. The van der Waals surface area contributed by atoms with Crippen molar-refractivity contribution in [2.45, 2.75) is 38.1 Å². The second-order valence-corrected chi connectivity index (χ2v) is 5.47. The topological polar surface area (TPSA) is 56.7 Å². The molecule has 0 atom stereocenters. The molecule has 0 amide bonds. The van der Waals surface area contributed by atoms with Gasteiger partial charge in [-0.05, 0) is 25.0 Å². The molecular formula is C13H18N4. The fourth-order valence-corrected chi connectivity index (χ4v) is 2.20. The molecule has 1 aliphatic rings. The van der Waals surface area contributed by atoms with Gasteiger partial charge in [0.25, 0.3) is 0 Å². The van der Waals surface area contributed by atoms with Crippen molar-refractivity contribution >= 4 is 11.2 Å². The quantitative estimate of drug-likeness (QED) is 0.877. The van der Waals surface area contributed by atoms with Gasteiger partial charge in [-0.3, -0.25) is 0 Å². The van der Waals surface area contributed by atoms with Gasteiger partial charge in [0.05, 0.1) is 5.52 Å². The van der Waals surface area contributed by atoms with Crippen LogP contribution in [0, 0.1) is 0 Å². The SMILES string of the molecule is CC(C)(CN)c1nc2ncccc2n1C1CC1. The number of imidazole rings is 1. The van der Waals surface area contributed by atoms with E-state index in [1.54, 1.807) is 6.20 Å². The number of nitrogens with two attached hydrogens (primary N) is 1. The average molecular weight is 230 g/mol. The van der Waals surface area contributed by atoms with E-state index < -0.39 is 0 Å². The van der Waals surface area contributed by atoms with Gasteiger partial charge < -0.3 is 10.3 Å². The molecule has 2 heterocycles. The smallest absolute Gasteiger partial charge is 0.177 e. The van der Waals surface area contributed by atoms with Gasteiger partial charge >= 0.3 is 0 Å². The minimum absolute atomic E-state index is 0.0940. The zero-order chi connectivity index (χ0) is 12.0. The minimum atomic E-state index is -0.0940. The first-order valence-corrected chi connectivity index (χ1v) is 6.17. The fraction of sp³-hybridized carbons (Fsp3) is 0.538. The highest BCUT2D eigenvalue weighted by atomic mass is 15.2. The van der Waals surface area contributed by atoms with Crippen molar-refractivity contribution in [1.29, 1.82) is 0 Å². The van der Waals surface area contributed by atoms with Crippen LogP contribution >= 0.6 is 0 Å². The van der Waals surface area contributed by atoms with E-state index in [0.717, 1.165) is 17.0 Å². The Balaban J connectivity index is 2.26. The molecule has 3 rings (SSSR count). The third-order valence-electron chi connectivity index (χ3n) is 3.49. The monoisotopic (exact) mass is 230 g/mol. The summed E-state index contributed by atoms with van der Waals surface area (Å²) < 4.78 is 2.34. The normalized spacial score (nSPS) is 16.6. The van der Waals surface area contributed by atoms with E-state index >= 15 is 0 Å². The predicted molar refractivity (Wildman–Crippen MR) is 67.9 cm³/mol. The lowest BCUT2D eigenvalue weighted by Crippen LogP contribution is -2.31. The maximum atomic E-state index is 5.88. The molecule has 2 N–H and O–H groups in total. The van der Waals surface area contributed by atoms with Gasteiger partial charge in [-0.1, -0.05) is 13.8 Å². The van der Waals surface area contributed by atoms with E-state index in [1.165, 1.54) is 12.8 Å². The van der Waals surface area contributed by atoms with E-state index in [9.17, 15) is 0 Å². The first-order chi connectivity index (χ1) is 8.13. The third kappa shape index (κ3) is 1.63. The molecule has 90 valence electrons. The summed E-state index contributed by atoms with van der Waals surface area (Å²) in [6, 6.07) is 4.68. The van der Waals surface area contributed by atoms with Gasteiger partial charge in [-0.25, -0.2) is 9.97 Å². The number of hydrogen-bond acceptors (Lipinski definition) is 3. The van der Waals surface area contributed by atoms with Crippen LogP contribution in [0.4, 0.5) is 0 Å². The summed E-state index contributed by atoms with van der Waals surface area (Å²) in [5.41, 5.74) is 7.77. The minimum Gasteiger partial charge on any atom is -0.329 e. The number of pyridine rings is 1. The molecule has 1 aliphatic carbocycles. The molecule has 0 bridgehead atoms. The van der Waals surface area contributed by atoms with Crippen LogP contribution in [0.1, 0.15) is 38.6 Å². The number of hydrogen-bond donors (Lipinski definition) is 1. The van der Waals surface area contributed by atoms with Gasteiger partial charge in [-0.15, -0.1) is 0 Å². The lowest BCUT2D eigenvalue weighted by atomic mass is 9.92. The van der Waals surface area contributed by atoms with Gasteiger partial charge in [0.1, 0.15) is 5.82 Å². The molecule has 0 spiro atoms. The van der Waals surface area contributed by atoms with Crippen molar-refractivity contribution in [2.24, 2.45) is 5.73 Å². The second kappa shape index (κ2) is 3.53. The van der Waals surface area contributed by atoms with Crippen molar-refractivity contribution in [3.8, 4) is 0 Å². The first kappa shape index (κ1) is 10.7. The van der Waals surface area contributed by atoms with E-state index in [-0.39, 0.29) is 5.41 Å². The second-order valence-electron chi connectivity index (χ2n) is 5.47. The molecule has 2 aromatic rings. The fourth-order valence-electron chi connectivity index (χ4n) is 2.20. The summed E-state index contributed by atoms with van der Waals surface area (Å²) >= 11 is 0. The van der Waals surface area contributed by atoms with Crippen LogP contribution in [0.2, 0.25) is 0 Å². The zero-order valence-electron chi connectivity index (χ0n) is 10.3. The van der Waals surface area contributed by atoms with Crippen molar-refractivity contribution in [2.75, 3.05) is 6.54 Å². The first-order valence-electron chi connectivity index (χ1n) is 6.17. The summed E-state index contributed by atoms with van der Waals surface area (Å²) in [5.74, 6) is 1.08. The molecule has 17 heavy (non-hydrogen) atoms. The van der Waals surface area contributed by atoms with Crippen LogP contribution in [-0.2, 0) is 5.41 Å². The predicted octanol–water partition coefficient (Wildman–Crippen LogP) is 2.00. The van der Waals surface area contributed by atoms with Gasteiger partial charge in [-0.2, -0.15) is 0 Å². The summed E-state index contributed by atoms with van der Waals surface area (Å²) in [5, 5.41) is 0. The van der Waals surface area contributed by atoms with Gasteiger partial charge in [0.15, 0.2) is 5.65 Å². The van der Waals surface area contributed by atoms with Gasteiger partial charge in [0.2, 0.25) is 0 Å². The molecule has 0 unspecified atom stereocenters. The summed E-state index contributed by atoms with van der Waals surface area (Å²) in [6.07, 6.45) is 4.29. The van der Waals surface area contributed by atoms with Crippen LogP contribution in [0.3, 0.4) is 0 Å². The van der Waals surface area contributed by atoms with E-state index in [2.05, 4.69) is 34.4 Å². The van der Waals surface area contributed by atoms with Crippen molar-refractivity contribution in [3.05, 3.63) is 24.2 Å². The van der Waals surface area contributed by atoms with Crippen LogP contribution in [0.25, 0.3) is 11.2 Å². The van der Waals surface area contributed by atoms with Crippen LogP contribution in [0.5, 0.6) is 0 Å². The highest BCUT2D eigenvalue weighted by Crippen LogP contribution is 2.40. The Morgan fingerprint density at radius 1 is 1.47 bits per heavy atom. The Kier molecular flexibility index (Phi) is 2.23. The summed E-state index contributed by atoms with van der Waals surface area (Å²) in [6.45, 7) is 4.89. The van der Waals surface area contributed by atoms with Crippen LogP contribution in [-0.4, -0.2) is 21.1 Å². The zero-order valence-corrected chi connectivity index (χ0v) is 10.3. The third-order valence-corrected chi connectivity index (χ3v) is 3.49. The standard InChI is InChI=1S/C13H18N4/c1-13(2,8-14)12-16-11-10(4-3-7-15-11)17(12)9-5-6-9/h3-4,7,9H,5-6,8,14H2,1-2H3. The lowest BCUT2D eigenvalue weighted by Gasteiger charge is -2.23. The van der Waals surface area contributed by atoms with E-state index in [1.807, 2.05) is 6.07 Å².